The summed E-state index contributed by atoms with van der Waals surface area (Å²) in [5.41, 5.74) is 2.07. The van der Waals surface area contributed by atoms with E-state index in [2.05, 4.69) is 25.9 Å². The van der Waals surface area contributed by atoms with E-state index in [1.165, 1.54) is 6.42 Å². The third-order valence-corrected chi connectivity index (χ3v) is 4.31. The Hall–Kier alpha value is -2.63. The lowest BCUT2D eigenvalue weighted by Gasteiger charge is -2.34. The number of ether oxygens (including phenoxy) is 1. The summed E-state index contributed by atoms with van der Waals surface area (Å²) in [4.78, 5) is 19.4. The second-order valence-electron chi connectivity index (χ2n) is 5.74. The molecule has 0 aliphatic carbocycles. The summed E-state index contributed by atoms with van der Waals surface area (Å²) in [7, 11) is 1.62. The van der Waals surface area contributed by atoms with Crippen molar-refractivity contribution < 1.29 is 4.74 Å². The molecule has 2 aromatic heterocycles. The van der Waals surface area contributed by atoms with Crippen LogP contribution in [-0.4, -0.2) is 33.6 Å². The Balaban J connectivity index is 1.72. The largest absolute Gasteiger partial charge is 0.481 e. The van der Waals surface area contributed by atoms with Crippen molar-refractivity contribution in [2.75, 3.05) is 18.6 Å². The number of hydrogen-bond acceptors (Lipinski definition) is 5. The third kappa shape index (κ3) is 2.60. The predicted octanol–water partition coefficient (Wildman–Crippen LogP) is 3.09. The summed E-state index contributed by atoms with van der Waals surface area (Å²) in [5, 5.41) is 0. The van der Waals surface area contributed by atoms with Crippen LogP contribution in [0.15, 0.2) is 36.5 Å². The number of anilines is 1. The number of rotatable bonds is 3. The Morgan fingerprint density at radius 2 is 2.09 bits per heavy atom. The van der Waals surface area contributed by atoms with E-state index >= 15 is 0 Å². The molecule has 23 heavy (non-hydrogen) atoms. The number of aromatic nitrogens is 4. The second-order valence-corrected chi connectivity index (χ2v) is 5.74. The highest BCUT2D eigenvalue weighted by atomic mass is 16.5. The fraction of sp³-hybridized carbons (Fsp3) is 0.353. The van der Waals surface area contributed by atoms with Gasteiger partial charge in [-0.25, -0.2) is 9.97 Å². The molecule has 3 heterocycles. The van der Waals surface area contributed by atoms with E-state index in [4.69, 9.17) is 9.72 Å². The molecule has 6 nitrogen and oxygen atoms in total. The number of para-hydroxylation sites is 2. The molecule has 0 radical (unpaired) electrons. The monoisotopic (exact) mass is 309 g/mol. The minimum absolute atomic E-state index is 0.170. The highest BCUT2D eigenvalue weighted by Crippen LogP contribution is 2.33. The van der Waals surface area contributed by atoms with E-state index in [9.17, 15) is 0 Å². The number of aromatic amines is 1. The number of H-pyrrole nitrogens is 1. The molecule has 1 N–H and O–H groups in total. The van der Waals surface area contributed by atoms with Crippen molar-refractivity contribution in [3.63, 3.8) is 0 Å². The van der Waals surface area contributed by atoms with Gasteiger partial charge in [0.15, 0.2) is 0 Å². The van der Waals surface area contributed by atoms with Crippen LogP contribution in [0.1, 0.15) is 31.1 Å². The molecule has 3 aromatic rings. The Morgan fingerprint density at radius 3 is 2.96 bits per heavy atom. The number of hydrogen-bond donors (Lipinski definition) is 1. The van der Waals surface area contributed by atoms with Crippen LogP contribution in [0.4, 0.5) is 5.95 Å². The van der Waals surface area contributed by atoms with E-state index in [0.29, 0.717) is 11.8 Å². The molecule has 0 bridgehead atoms. The number of imidazole rings is 1. The summed E-state index contributed by atoms with van der Waals surface area (Å²) in [6.07, 6.45) is 5.10. The summed E-state index contributed by atoms with van der Waals surface area (Å²) in [6.45, 7) is 0.925. The smallest absolute Gasteiger partial charge is 0.229 e. The Bertz CT molecular complexity index is 782. The molecule has 0 amide bonds. The predicted molar refractivity (Wildman–Crippen MR) is 88.6 cm³/mol. The fourth-order valence-electron chi connectivity index (χ4n) is 3.17. The van der Waals surface area contributed by atoms with Crippen molar-refractivity contribution in [1.29, 1.82) is 0 Å². The molecular formula is C17H19N5O. The van der Waals surface area contributed by atoms with Gasteiger partial charge in [-0.05, 0) is 31.4 Å². The van der Waals surface area contributed by atoms with Gasteiger partial charge in [0.2, 0.25) is 11.8 Å². The van der Waals surface area contributed by atoms with Crippen molar-refractivity contribution in [3.05, 3.63) is 42.4 Å². The van der Waals surface area contributed by atoms with E-state index in [0.717, 1.165) is 36.2 Å². The number of nitrogens with zero attached hydrogens (tertiary/aromatic N) is 4. The summed E-state index contributed by atoms with van der Waals surface area (Å²) >= 11 is 0. The normalized spacial score (nSPS) is 18.3. The van der Waals surface area contributed by atoms with Crippen LogP contribution in [0.3, 0.4) is 0 Å². The van der Waals surface area contributed by atoms with Gasteiger partial charge < -0.3 is 14.6 Å². The van der Waals surface area contributed by atoms with Crippen molar-refractivity contribution in [2.45, 2.75) is 25.3 Å². The van der Waals surface area contributed by atoms with Gasteiger partial charge in [-0.15, -0.1) is 0 Å². The first-order chi connectivity index (χ1) is 11.3. The highest BCUT2D eigenvalue weighted by molar-refractivity contribution is 5.75. The van der Waals surface area contributed by atoms with Gasteiger partial charge in [-0.3, -0.25) is 0 Å². The molecule has 1 aliphatic rings. The molecule has 1 fully saturated rings. The Labute approximate surface area is 134 Å². The van der Waals surface area contributed by atoms with E-state index in [-0.39, 0.29) is 6.04 Å². The summed E-state index contributed by atoms with van der Waals surface area (Å²) in [5.74, 6) is 2.27. The first-order valence-corrected chi connectivity index (χ1v) is 7.93. The highest BCUT2D eigenvalue weighted by Gasteiger charge is 2.28. The lowest BCUT2D eigenvalue weighted by atomic mass is 10.0. The minimum atomic E-state index is 0.170. The maximum absolute atomic E-state index is 5.23. The number of methoxy groups -OCH3 is 1. The molecule has 6 heteroatoms. The van der Waals surface area contributed by atoms with Crippen molar-refractivity contribution in [2.24, 2.45) is 0 Å². The molecule has 1 aromatic carbocycles. The Kier molecular flexibility index (Phi) is 3.57. The molecule has 4 rings (SSSR count). The van der Waals surface area contributed by atoms with Crippen LogP contribution >= 0.6 is 0 Å². The summed E-state index contributed by atoms with van der Waals surface area (Å²) in [6, 6.07) is 10.1. The maximum Gasteiger partial charge on any atom is 0.229 e. The molecule has 0 saturated carbocycles. The third-order valence-electron chi connectivity index (χ3n) is 4.31. The zero-order valence-corrected chi connectivity index (χ0v) is 13.1. The van der Waals surface area contributed by atoms with Crippen LogP contribution in [0.2, 0.25) is 0 Å². The molecule has 1 aliphatic heterocycles. The van der Waals surface area contributed by atoms with Gasteiger partial charge in [0, 0.05) is 18.8 Å². The van der Waals surface area contributed by atoms with E-state index in [1.807, 2.05) is 18.2 Å². The standard InChI is InChI=1S/C17H19N5O/c1-23-15-9-10-18-17(21-15)22-11-5-4-8-14(22)16-19-12-6-2-3-7-13(12)20-16/h2-3,6-7,9-10,14H,4-5,8,11H2,1H3,(H,19,20). The van der Waals surface area contributed by atoms with Gasteiger partial charge in [0.1, 0.15) is 5.82 Å². The Morgan fingerprint density at radius 1 is 1.17 bits per heavy atom. The average molecular weight is 309 g/mol. The van der Waals surface area contributed by atoms with Crippen LogP contribution in [0.25, 0.3) is 11.0 Å². The van der Waals surface area contributed by atoms with Crippen LogP contribution < -0.4 is 9.64 Å². The average Bonchev–Trinajstić information content (AvgIpc) is 3.06. The van der Waals surface area contributed by atoms with E-state index in [1.54, 1.807) is 19.4 Å². The first kappa shape index (κ1) is 14.0. The minimum Gasteiger partial charge on any atom is -0.481 e. The van der Waals surface area contributed by atoms with Gasteiger partial charge in [0.25, 0.3) is 0 Å². The van der Waals surface area contributed by atoms with Crippen molar-refractivity contribution in [1.82, 2.24) is 19.9 Å². The lowest BCUT2D eigenvalue weighted by Crippen LogP contribution is -2.35. The fourth-order valence-corrected chi connectivity index (χ4v) is 3.17. The summed E-state index contributed by atoms with van der Waals surface area (Å²) < 4.78 is 5.23. The second kappa shape index (κ2) is 5.87. The lowest BCUT2D eigenvalue weighted by molar-refractivity contribution is 0.393. The number of fused-ring (bicyclic) bond motifs is 1. The van der Waals surface area contributed by atoms with Crippen LogP contribution in [-0.2, 0) is 0 Å². The number of piperidine rings is 1. The maximum atomic E-state index is 5.23. The van der Waals surface area contributed by atoms with Crippen molar-refractivity contribution in [3.8, 4) is 5.88 Å². The zero-order chi connectivity index (χ0) is 15.6. The van der Waals surface area contributed by atoms with E-state index < -0.39 is 0 Å². The molecule has 118 valence electrons. The molecule has 1 atom stereocenters. The van der Waals surface area contributed by atoms with Gasteiger partial charge in [-0.2, -0.15) is 4.98 Å². The van der Waals surface area contributed by atoms with Gasteiger partial charge in [-0.1, -0.05) is 12.1 Å². The van der Waals surface area contributed by atoms with Gasteiger partial charge >= 0.3 is 0 Å². The van der Waals surface area contributed by atoms with Crippen LogP contribution in [0.5, 0.6) is 5.88 Å². The molecule has 1 saturated heterocycles. The number of nitrogens with one attached hydrogen (secondary N) is 1. The number of benzene rings is 1. The SMILES string of the molecule is COc1ccnc(N2CCCCC2c2nc3ccccc3[nH]2)n1. The van der Waals surface area contributed by atoms with Crippen LogP contribution in [0, 0.1) is 0 Å². The quantitative estimate of drug-likeness (QED) is 0.805. The topological polar surface area (TPSA) is 66.9 Å². The zero-order valence-electron chi connectivity index (χ0n) is 13.1. The van der Waals surface area contributed by atoms with Gasteiger partial charge in [0.05, 0.1) is 24.2 Å². The first-order valence-electron chi connectivity index (χ1n) is 7.93. The molecule has 1 unspecified atom stereocenters. The molecular weight excluding hydrogens is 290 g/mol. The molecule has 0 spiro atoms. The van der Waals surface area contributed by atoms with Crippen molar-refractivity contribution >= 4 is 17.0 Å².